The Morgan fingerprint density at radius 2 is 2.43 bits per heavy atom. The second kappa shape index (κ2) is 5.25. The van der Waals surface area contributed by atoms with E-state index in [9.17, 15) is 4.79 Å². The van der Waals surface area contributed by atoms with Crippen LogP contribution in [0.5, 0.6) is 0 Å². The van der Waals surface area contributed by atoms with Gasteiger partial charge in [-0.3, -0.25) is 0 Å². The van der Waals surface area contributed by atoms with E-state index < -0.39 is 5.97 Å². The van der Waals surface area contributed by atoms with Crippen LogP contribution in [0.4, 0.5) is 0 Å². The van der Waals surface area contributed by atoms with Gasteiger partial charge in [-0.15, -0.1) is 11.6 Å². The first kappa shape index (κ1) is 10.6. The SMILES string of the molecule is COC(=O)c1cccc(C#CCCl)n1. The molecule has 0 amide bonds. The molecule has 1 aromatic heterocycles. The number of ether oxygens (including phenoxy) is 1. The summed E-state index contributed by atoms with van der Waals surface area (Å²) >= 11 is 5.39. The average molecular weight is 210 g/mol. The normalized spacial score (nSPS) is 8.71. The molecule has 3 nitrogen and oxygen atoms in total. The van der Waals surface area contributed by atoms with Crippen molar-refractivity contribution in [3.63, 3.8) is 0 Å². The van der Waals surface area contributed by atoms with Crippen LogP contribution < -0.4 is 0 Å². The van der Waals surface area contributed by atoms with E-state index in [1.165, 1.54) is 7.11 Å². The zero-order chi connectivity index (χ0) is 10.4. The summed E-state index contributed by atoms with van der Waals surface area (Å²) in [7, 11) is 1.31. The van der Waals surface area contributed by atoms with Crippen molar-refractivity contribution in [2.75, 3.05) is 13.0 Å². The molecule has 0 aliphatic rings. The van der Waals surface area contributed by atoms with Crippen molar-refractivity contribution in [1.29, 1.82) is 0 Å². The minimum absolute atomic E-state index is 0.240. The third-order valence-electron chi connectivity index (χ3n) is 1.43. The van der Waals surface area contributed by atoms with Crippen molar-refractivity contribution >= 4 is 17.6 Å². The Bertz CT molecular complexity index is 393. The minimum atomic E-state index is -0.473. The van der Waals surface area contributed by atoms with E-state index in [2.05, 4.69) is 21.6 Å². The van der Waals surface area contributed by atoms with Crippen LogP contribution in [0, 0.1) is 11.8 Å². The van der Waals surface area contributed by atoms with Crippen LogP contribution in [0.1, 0.15) is 16.2 Å². The molecule has 1 heterocycles. The summed E-state index contributed by atoms with van der Waals surface area (Å²) in [4.78, 5) is 15.1. The summed E-state index contributed by atoms with van der Waals surface area (Å²) in [6.07, 6.45) is 0. The van der Waals surface area contributed by atoms with Gasteiger partial charge in [-0.05, 0) is 18.1 Å². The lowest BCUT2D eigenvalue weighted by Gasteiger charge is -1.97. The second-order valence-corrected chi connectivity index (χ2v) is 2.60. The lowest BCUT2D eigenvalue weighted by molar-refractivity contribution is 0.0594. The van der Waals surface area contributed by atoms with E-state index in [4.69, 9.17) is 11.6 Å². The van der Waals surface area contributed by atoms with Crippen LogP contribution >= 0.6 is 11.6 Å². The molecule has 0 bridgehead atoms. The Labute approximate surface area is 87.1 Å². The first-order valence-electron chi connectivity index (χ1n) is 3.88. The fourth-order valence-electron chi connectivity index (χ4n) is 0.847. The van der Waals surface area contributed by atoms with Crippen LogP contribution in [0.2, 0.25) is 0 Å². The van der Waals surface area contributed by atoms with Crippen molar-refractivity contribution in [2.45, 2.75) is 0 Å². The summed E-state index contributed by atoms with van der Waals surface area (Å²) in [5.74, 6) is 5.13. The standard InChI is InChI=1S/C10H8ClNO2/c1-14-10(13)9-6-2-4-8(12-9)5-3-7-11/h2,4,6H,7H2,1H3. The summed E-state index contributed by atoms with van der Waals surface area (Å²) in [6, 6.07) is 4.96. The van der Waals surface area contributed by atoms with Gasteiger partial charge >= 0.3 is 5.97 Å². The van der Waals surface area contributed by atoms with Gasteiger partial charge in [0.15, 0.2) is 0 Å². The number of esters is 1. The molecule has 0 aliphatic carbocycles. The van der Waals surface area contributed by atoms with Crippen molar-refractivity contribution < 1.29 is 9.53 Å². The maximum absolute atomic E-state index is 11.1. The molecule has 0 N–H and O–H groups in total. The van der Waals surface area contributed by atoms with Crippen molar-refractivity contribution in [3.8, 4) is 11.8 Å². The molecule has 1 rings (SSSR count). The topological polar surface area (TPSA) is 39.2 Å². The molecular weight excluding hydrogens is 202 g/mol. The van der Waals surface area contributed by atoms with Crippen LogP contribution in [-0.4, -0.2) is 23.9 Å². The average Bonchev–Trinajstić information content (AvgIpc) is 2.25. The number of carbonyl (C=O) groups is 1. The van der Waals surface area contributed by atoms with E-state index in [1.807, 2.05) is 0 Å². The highest BCUT2D eigenvalue weighted by atomic mass is 35.5. The Kier molecular flexibility index (Phi) is 3.96. The largest absolute Gasteiger partial charge is 0.464 e. The number of nitrogens with zero attached hydrogens (tertiary/aromatic N) is 1. The van der Waals surface area contributed by atoms with Gasteiger partial charge in [0.1, 0.15) is 11.4 Å². The van der Waals surface area contributed by atoms with Crippen molar-refractivity contribution in [2.24, 2.45) is 0 Å². The quantitative estimate of drug-likeness (QED) is 0.399. The Hall–Kier alpha value is -1.53. The summed E-state index contributed by atoms with van der Waals surface area (Å²) in [6.45, 7) is 0. The van der Waals surface area contributed by atoms with Gasteiger partial charge in [0.05, 0.1) is 13.0 Å². The molecule has 0 saturated heterocycles. The minimum Gasteiger partial charge on any atom is -0.464 e. The first-order valence-corrected chi connectivity index (χ1v) is 4.41. The highest BCUT2D eigenvalue weighted by Gasteiger charge is 2.05. The zero-order valence-electron chi connectivity index (χ0n) is 7.58. The highest BCUT2D eigenvalue weighted by Crippen LogP contribution is 1.99. The number of methoxy groups -OCH3 is 1. The fraction of sp³-hybridized carbons (Fsp3) is 0.200. The Morgan fingerprint density at radius 3 is 3.07 bits per heavy atom. The number of hydrogen-bond acceptors (Lipinski definition) is 3. The van der Waals surface area contributed by atoms with E-state index in [0.29, 0.717) is 5.69 Å². The number of aromatic nitrogens is 1. The van der Waals surface area contributed by atoms with E-state index in [0.717, 1.165) is 0 Å². The number of pyridine rings is 1. The van der Waals surface area contributed by atoms with Gasteiger partial charge in [-0.2, -0.15) is 0 Å². The molecule has 0 aliphatic heterocycles. The van der Waals surface area contributed by atoms with Crippen LogP contribution in [0.3, 0.4) is 0 Å². The van der Waals surface area contributed by atoms with Gasteiger partial charge in [-0.1, -0.05) is 12.0 Å². The van der Waals surface area contributed by atoms with Crippen molar-refractivity contribution in [3.05, 3.63) is 29.6 Å². The van der Waals surface area contributed by atoms with E-state index in [-0.39, 0.29) is 11.6 Å². The van der Waals surface area contributed by atoms with Gasteiger partial charge in [-0.25, -0.2) is 9.78 Å². The zero-order valence-corrected chi connectivity index (χ0v) is 8.34. The van der Waals surface area contributed by atoms with Gasteiger partial charge in [0, 0.05) is 0 Å². The maximum Gasteiger partial charge on any atom is 0.356 e. The molecule has 14 heavy (non-hydrogen) atoms. The molecule has 0 saturated carbocycles. The van der Waals surface area contributed by atoms with Gasteiger partial charge in [0.2, 0.25) is 0 Å². The molecule has 72 valence electrons. The predicted octanol–water partition coefficient (Wildman–Crippen LogP) is 1.46. The summed E-state index contributed by atoms with van der Waals surface area (Å²) < 4.78 is 4.52. The third kappa shape index (κ3) is 2.75. The maximum atomic E-state index is 11.1. The van der Waals surface area contributed by atoms with Crippen LogP contribution in [-0.2, 0) is 4.74 Å². The van der Waals surface area contributed by atoms with E-state index in [1.54, 1.807) is 18.2 Å². The number of hydrogen-bond donors (Lipinski definition) is 0. The lowest BCUT2D eigenvalue weighted by atomic mass is 10.3. The molecule has 0 fully saturated rings. The monoisotopic (exact) mass is 209 g/mol. The second-order valence-electron chi connectivity index (χ2n) is 2.34. The fourth-order valence-corrected chi connectivity index (χ4v) is 0.913. The summed E-state index contributed by atoms with van der Waals surface area (Å²) in [5.41, 5.74) is 0.752. The lowest BCUT2D eigenvalue weighted by Crippen LogP contribution is -2.04. The Morgan fingerprint density at radius 1 is 1.64 bits per heavy atom. The highest BCUT2D eigenvalue weighted by molar-refractivity contribution is 6.19. The summed E-state index contributed by atoms with van der Waals surface area (Å²) in [5, 5.41) is 0. The third-order valence-corrected chi connectivity index (χ3v) is 1.56. The van der Waals surface area contributed by atoms with E-state index >= 15 is 0 Å². The predicted molar refractivity (Wildman–Crippen MR) is 53.2 cm³/mol. The van der Waals surface area contributed by atoms with Crippen molar-refractivity contribution in [1.82, 2.24) is 4.98 Å². The molecule has 0 unspecified atom stereocenters. The van der Waals surface area contributed by atoms with Crippen LogP contribution in [0.15, 0.2) is 18.2 Å². The smallest absolute Gasteiger partial charge is 0.356 e. The molecular formula is C10H8ClNO2. The molecule has 0 aromatic carbocycles. The Balaban J connectivity index is 2.95. The number of carbonyl (C=O) groups excluding carboxylic acids is 1. The number of rotatable bonds is 1. The number of alkyl halides is 1. The first-order chi connectivity index (χ1) is 6.77. The van der Waals surface area contributed by atoms with Crippen LogP contribution in [0.25, 0.3) is 0 Å². The molecule has 4 heteroatoms. The molecule has 0 spiro atoms. The molecule has 0 atom stereocenters. The molecule has 1 aromatic rings. The number of halogens is 1. The van der Waals surface area contributed by atoms with Gasteiger partial charge in [0.25, 0.3) is 0 Å². The van der Waals surface area contributed by atoms with Gasteiger partial charge < -0.3 is 4.74 Å². The molecule has 0 radical (unpaired) electrons.